The van der Waals surface area contributed by atoms with Gasteiger partial charge in [0, 0.05) is 12.6 Å². The van der Waals surface area contributed by atoms with Gasteiger partial charge in [0.05, 0.1) is 5.69 Å². The highest BCUT2D eigenvalue weighted by molar-refractivity contribution is 7.17. The molecule has 24 heavy (non-hydrogen) atoms. The van der Waals surface area contributed by atoms with Crippen molar-refractivity contribution in [2.24, 2.45) is 0 Å². The summed E-state index contributed by atoms with van der Waals surface area (Å²) < 4.78 is 5.11. The molecule has 8 heteroatoms. The first-order chi connectivity index (χ1) is 11.4. The number of aromatic nitrogens is 1. The number of hydrogen-bond donors (Lipinski definition) is 2. The molecule has 126 valence electrons. The molecule has 1 heterocycles. The van der Waals surface area contributed by atoms with E-state index < -0.39 is 24.0 Å². The predicted molar refractivity (Wildman–Crippen MR) is 89.8 cm³/mol. The maximum Gasteiger partial charge on any atom is 0.351 e. The van der Waals surface area contributed by atoms with Gasteiger partial charge in [0.1, 0.15) is 9.88 Å². The second-order valence-corrected chi connectivity index (χ2v) is 5.91. The van der Waals surface area contributed by atoms with E-state index in [4.69, 9.17) is 4.74 Å². The summed E-state index contributed by atoms with van der Waals surface area (Å²) in [5.41, 5.74) is 1.43. The van der Waals surface area contributed by atoms with Gasteiger partial charge in [-0.3, -0.25) is 10.1 Å². The average Bonchev–Trinajstić information content (AvgIpc) is 2.97. The monoisotopic (exact) mass is 347 g/mol. The number of aryl methyl sites for hydroxylation is 1. The Bertz CT molecular complexity index is 758. The van der Waals surface area contributed by atoms with Crippen molar-refractivity contribution < 1.29 is 19.1 Å². The molecule has 0 aliphatic rings. The third-order valence-electron chi connectivity index (χ3n) is 3.12. The van der Waals surface area contributed by atoms with E-state index in [0.717, 1.165) is 5.56 Å². The van der Waals surface area contributed by atoms with E-state index >= 15 is 0 Å². The molecule has 7 nitrogen and oxygen atoms in total. The molecule has 0 radical (unpaired) electrons. The zero-order chi connectivity index (χ0) is 17.7. The standard InChI is InChI=1S/C16H17N3O4S/c1-9-12(24-14(18-9)11-7-5-4-6-8-11)15(21)23-10(2)13(20)19-16(22)17-3/h4-8,10H,1-3H3,(H2,17,19,20,22)/t10-/m1/s1. The first-order valence-electron chi connectivity index (χ1n) is 7.18. The Morgan fingerprint density at radius 3 is 2.50 bits per heavy atom. The van der Waals surface area contributed by atoms with Crippen LogP contribution in [0.4, 0.5) is 4.79 Å². The summed E-state index contributed by atoms with van der Waals surface area (Å²) in [6.07, 6.45) is -1.10. The SMILES string of the molecule is CNC(=O)NC(=O)[C@@H](C)OC(=O)c1sc(-c2ccccc2)nc1C. The molecule has 0 saturated heterocycles. The number of carbonyl (C=O) groups excluding carboxylic acids is 3. The van der Waals surface area contributed by atoms with Gasteiger partial charge < -0.3 is 10.1 Å². The van der Waals surface area contributed by atoms with Crippen LogP contribution in [-0.4, -0.2) is 36.0 Å². The maximum absolute atomic E-state index is 12.2. The number of benzene rings is 1. The molecule has 0 fully saturated rings. The van der Waals surface area contributed by atoms with Gasteiger partial charge in [-0.1, -0.05) is 30.3 Å². The van der Waals surface area contributed by atoms with E-state index in [9.17, 15) is 14.4 Å². The lowest BCUT2D eigenvalue weighted by Crippen LogP contribution is -2.43. The summed E-state index contributed by atoms with van der Waals surface area (Å²) in [6, 6.07) is 8.79. The van der Waals surface area contributed by atoms with Crippen molar-refractivity contribution in [3.05, 3.63) is 40.9 Å². The smallest absolute Gasteiger partial charge is 0.351 e. The number of nitrogens with one attached hydrogen (secondary N) is 2. The zero-order valence-electron chi connectivity index (χ0n) is 13.5. The number of rotatable bonds is 4. The van der Waals surface area contributed by atoms with E-state index in [1.165, 1.54) is 25.3 Å². The predicted octanol–water partition coefficient (Wildman–Crippen LogP) is 2.12. The summed E-state index contributed by atoms with van der Waals surface area (Å²) in [6.45, 7) is 3.10. The van der Waals surface area contributed by atoms with Crippen molar-refractivity contribution in [1.29, 1.82) is 0 Å². The number of esters is 1. The summed E-state index contributed by atoms with van der Waals surface area (Å²) in [4.78, 5) is 39.8. The number of hydrogen-bond acceptors (Lipinski definition) is 6. The Labute approximate surface area is 143 Å². The van der Waals surface area contributed by atoms with Crippen molar-refractivity contribution in [2.45, 2.75) is 20.0 Å². The van der Waals surface area contributed by atoms with Crippen LogP contribution in [0.25, 0.3) is 10.6 Å². The number of thiazole rings is 1. The highest BCUT2D eigenvalue weighted by Crippen LogP contribution is 2.28. The Hall–Kier alpha value is -2.74. The summed E-state index contributed by atoms with van der Waals surface area (Å²) in [5.74, 6) is -1.35. The molecule has 0 aliphatic heterocycles. The Balaban J connectivity index is 2.09. The molecular weight excluding hydrogens is 330 g/mol. The van der Waals surface area contributed by atoms with E-state index in [0.29, 0.717) is 15.6 Å². The molecule has 3 amide bonds. The van der Waals surface area contributed by atoms with Crippen molar-refractivity contribution in [1.82, 2.24) is 15.6 Å². The van der Waals surface area contributed by atoms with Gasteiger partial charge in [-0.15, -0.1) is 11.3 Å². The maximum atomic E-state index is 12.2. The molecular formula is C16H17N3O4S. The third kappa shape index (κ3) is 4.17. The molecule has 0 unspecified atom stereocenters. The van der Waals surface area contributed by atoms with Crippen molar-refractivity contribution in [2.75, 3.05) is 7.05 Å². The fraction of sp³-hybridized carbons (Fsp3) is 0.250. The van der Waals surface area contributed by atoms with Crippen LogP contribution >= 0.6 is 11.3 Å². The van der Waals surface area contributed by atoms with Gasteiger partial charge in [-0.2, -0.15) is 0 Å². The van der Waals surface area contributed by atoms with Gasteiger partial charge in [0.15, 0.2) is 6.10 Å². The lowest BCUT2D eigenvalue weighted by molar-refractivity contribution is -0.127. The molecule has 0 bridgehead atoms. The third-order valence-corrected chi connectivity index (χ3v) is 4.31. The van der Waals surface area contributed by atoms with E-state index in [1.54, 1.807) is 6.92 Å². The zero-order valence-corrected chi connectivity index (χ0v) is 14.3. The Kier molecular flexibility index (Phi) is 5.64. The van der Waals surface area contributed by atoms with Crippen LogP contribution in [0.2, 0.25) is 0 Å². The van der Waals surface area contributed by atoms with Gasteiger partial charge in [0.2, 0.25) is 0 Å². The fourth-order valence-electron chi connectivity index (χ4n) is 1.83. The van der Waals surface area contributed by atoms with Gasteiger partial charge >= 0.3 is 12.0 Å². The molecule has 1 aromatic heterocycles. The summed E-state index contributed by atoms with van der Waals surface area (Å²) in [5, 5.41) is 5.00. The highest BCUT2D eigenvalue weighted by Gasteiger charge is 2.23. The summed E-state index contributed by atoms with van der Waals surface area (Å²) in [7, 11) is 1.38. The fourth-order valence-corrected chi connectivity index (χ4v) is 2.79. The minimum absolute atomic E-state index is 0.327. The second-order valence-electron chi connectivity index (χ2n) is 4.92. The summed E-state index contributed by atoms with van der Waals surface area (Å²) >= 11 is 1.20. The van der Waals surface area contributed by atoms with Gasteiger partial charge in [-0.25, -0.2) is 14.6 Å². The molecule has 2 aromatic rings. The Morgan fingerprint density at radius 2 is 1.88 bits per heavy atom. The normalized spacial score (nSPS) is 11.5. The first-order valence-corrected chi connectivity index (χ1v) is 8.00. The van der Waals surface area contributed by atoms with Crippen molar-refractivity contribution >= 4 is 29.2 Å². The van der Waals surface area contributed by atoms with Crippen LogP contribution in [0.15, 0.2) is 30.3 Å². The highest BCUT2D eigenvalue weighted by atomic mass is 32.1. The van der Waals surface area contributed by atoms with Gasteiger partial charge in [-0.05, 0) is 13.8 Å². The van der Waals surface area contributed by atoms with Crippen LogP contribution < -0.4 is 10.6 Å². The van der Waals surface area contributed by atoms with E-state index in [2.05, 4.69) is 15.6 Å². The molecule has 1 aromatic carbocycles. The van der Waals surface area contributed by atoms with E-state index in [-0.39, 0.29) is 0 Å². The Morgan fingerprint density at radius 1 is 1.21 bits per heavy atom. The van der Waals surface area contributed by atoms with Crippen LogP contribution in [-0.2, 0) is 9.53 Å². The quantitative estimate of drug-likeness (QED) is 0.826. The minimum atomic E-state index is -1.10. The van der Waals surface area contributed by atoms with Crippen LogP contribution in [0, 0.1) is 6.92 Å². The molecule has 1 atom stereocenters. The lowest BCUT2D eigenvalue weighted by Gasteiger charge is -2.12. The van der Waals surface area contributed by atoms with Crippen LogP contribution in [0.5, 0.6) is 0 Å². The van der Waals surface area contributed by atoms with Crippen molar-refractivity contribution in [3.8, 4) is 10.6 Å². The molecule has 2 rings (SSSR count). The minimum Gasteiger partial charge on any atom is -0.448 e. The molecule has 0 aliphatic carbocycles. The number of carbonyl (C=O) groups is 3. The van der Waals surface area contributed by atoms with Crippen LogP contribution in [0.1, 0.15) is 22.3 Å². The molecule has 0 spiro atoms. The largest absolute Gasteiger partial charge is 0.448 e. The van der Waals surface area contributed by atoms with Crippen molar-refractivity contribution in [3.63, 3.8) is 0 Å². The number of urea groups is 1. The molecule has 2 N–H and O–H groups in total. The number of ether oxygens (including phenoxy) is 1. The number of amides is 3. The lowest BCUT2D eigenvalue weighted by atomic mass is 10.2. The first kappa shape index (κ1) is 17.6. The number of imide groups is 1. The molecule has 0 saturated carbocycles. The topological polar surface area (TPSA) is 97.4 Å². The second kappa shape index (κ2) is 7.69. The average molecular weight is 347 g/mol. The van der Waals surface area contributed by atoms with Gasteiger partial charge in [0.25, 0.3) is 5.91 Å². The number of nitrogens with zero attached hydrogens (tertiary/aromatic N) is 1. The van der Waals surface area contributed by atoms with Crippen LogP contribution in [0.3, 0.4) is 0 Å². The van der Waals surface area contributed by atoms with E-state index in [1.807, 2.05) is 30.3 Å².